The van der Waals surface area contributed by atoms with E-state index in [0.717, 1.165) is 17.4 Å². The largest absolute Gasteiger partial charge is 0.399 e. The van der Waals surface area contributed by atoms with E-state index in [1.165, 1.54) is 0 Å². The van der Waals surface area contributed by atoms with E-state index in [2.05, 4.69) is 23.7 Å². The number of benzene rings is 2. The fourth-order valence-corrected chi connectivity index (χ4v) is 1.42. The molecule has 2 aromatic rings. The molecule has 2 N–H and O–H groups in total. The lowest BCUT2D eigenvalue weighted by molar-refractivity contribution is 0.112. The predicted octanol–water partition coefficient (Wildman–Crippen LogP) is 2.48. The maximum atomic E-state index is 10.5. The number of carbonyl (C=O) groups excluding carboxylic acids is 1. The summed E-state index contributed by atoms with van der Waals surface area (Å²) in [5.41, 5.74) is 8.64. The number of anilines is 1. The molecule has 0 bridgehead atoms. The lowest BCUT2D eigenvalue weighted by atomic mass is 10.1. The summed E-state index contributed by atoms with van der Waals surface area (Å²) < 4.78 is 0. The van der Waals surface area contributed by atoms with Crippen molar-refractivity contribution in [2.45, 2.75) is 0 Å². The zero-order chi connectivity index (χ0) is 13.5. The van der Waals surface area contributed by atoms with Crippen molar-refractivity contribution < 1.29 is 4.79 Å². The average Bonchev–Trinajstić information content (AvgIpc) is 2.46. The second-order valence-electron chi connectivity index (χ2n) is 3.86. The smallest absolute Gasteiger partial charge is 0.150 e. The van der Waals surface area contributed by atoms with Crippen molar-refractivity contribution in [2.24, 2.45) is 0 Å². The first-order valence-corrected chi connectivity index (χ1v) is 5.71. The molecule has 90 valence electrons. The van der Waals surface area contributed by atoms with Crippen LogP contribution in [0.4, 0.5) is 5.69 Å². The summed E-state index contributed by atoms with van der Waals surface area (Å²) >= 11 is 0. The van der Waals surface area contributed by atoms with E-state index in [-0.39, 0.29) is 0 Å². The Morgan fingerprint density at radius 3 is 1.74 bits per heavy atom. The van der Waals surface area contributed by atoms with Gasteiger partial charge in [0.2, 0.25) is 0 Å². The van der Waals surface area contributed by atoms with Crippen LogP contribution in [-0.4, -0.2) is 6.29 Å². The van der Waals surface area contributed by atoms with Crippen LogP contribution in [0.15, 0.2) is 48.5 Å². The first-order chi connectivity index (χ1) is 9.28. The number of nitrogens with two attached hydrogens (primary N) is 1. The van der Waals surface area contributed by atoms with Crippen molar-refractivity contribution in [3.63, 3.8) is 0 Å². The number of aldehydes is 1. The first kappa shape index (κ1) is 12.5. The molecule has 19 heavy (non-hydrogen) atoms. The van der Waals surface area contributed by atoms with Crippen molar-refractivity contribution in [3.05, 3.63) is 65.2 Å². The lowest BCUT2D eigenvalue weighted by Gasteiger charge is -1.90. The monoisotopic (exact) mass is 245 g/mol. The van der Waals surface area contributed by atoms with Gasteiger partial charge >= 0.3 is 0 Å². The minimum Gasteiger partial charge on any atom is -0.399 e. The molecule has 0 atom stereocenters. The van der Waals surface area contributed by atoms with E-state index >= 15 is 0 Å². The summed E-state index contributed by atoms with van der Waals surface area (Å²) in [5.74, 6) is 11.4. The van der Waals surface area contributed by atoms with Gasteiger partial charge in [0, 0.05) is 22.4 Å². The molecular weight excluding hydrogens is 234 g/mol. The van der Waals surface area contributed by atoms with Crippen molar-refractivity contribution in [1.82, 2.24) is 0 Å². The first-order valence-electron chi connectivity index (χ1n) is 5.71. The molecule has 0 amide bonds. The second-order valence-corrected chi connectivity index (χ2v) is 3.86. The molecule has 0 saturated heterocycles. The van der Waals surface area contributed by atoms with Gasteiger partial charge in [-0.15, -0.1) is 0 Å². The van der Waals surface area contributed by atoms with Crippen LogP contribution in [0, 0.1) is 23.7 Å². The third kappa shape index (κ3) is 3.77. The minimum absolute atomic E-state index is 0.638. The van der Waals surface area contributed by atoms with Crippen LogP contribution in [-0.2, 0) is 0 Å². The van der Waals surface area contributed by atoms with E-state index in [1.54, 1.807) is 36.4 Å². The second kappa shape index (κ2) is 6.10. The molecule has 2 rings (SSSR count). The van der Waals surface area contributed by atoms with Crippen LogP contribution >= 0.6 is 0 Å². The fraction of sp³-hybridized carbons (Fsp3) is 0. The Bertz CT molecular complexity index is 689. The molecule has 0 fully saturated rings. The highest BCUT2D eigenvalue weighted by Crippen LogP contribution is 2.03. The Morgan fingerprint density at radius 1 is 0.789 bits per heavy atom. The summed E-state index contributed by atoms with van der Waals surface area (Å²) in [5, 5.41) is 0. The Labute approximate surface area is 112 Å². The fourth-order valence-electron chi connectivity index (χ4n) is 1.42. The number of nitrogen functional groups attached to an aromatic ring is 1. The van der Waals surface area contributed by atoms with Crippen LogP contribution in [0.2, 0.25) is 0 Å². The van der Waals surface area contributed by atoms with Gasteiger partial charge in [0.25, 0.3) is 0 Å². The summed E-state index contributed by atoms with van der Waals surface area (Å²) in [4.78, 5) is 10.5. The molecule has 0 saturated carbocycles. The van der Waals surface area contributed by atoms with Crippen LogP contribution in [0.25, 0.3) is 0 Å². The molecule has 0 aliphatic carbocycles. The topological polar surface area (TPSA) is 43.1 Å². The molecule has 0 spiro atoms. The van der Waals surface area contributed by atoms with Crippen LogP contribution in [0.1, 0.15) is 21.5 Å². The van der Waals surface area contributed by atoms with E-state index in [4.69, 9.17) is 5.73 Å². The molecule has 0 unspecified atom stereocenters. The number of hydrogen-bond acceptors (Lipinski definition) is 2. The Morgan fingerprint density at radius 2 is 1.26 bits per heavy atom. The van der Waals surface area contributed by atoms with E-state index in [0.29, 0.717) is 11.3 Å². The summed E-state index contributed by atoms with van der Waals surface area (Å²) in [6, 6.07) is 14.3. The summed E-state index contributed by atoms with van der Waals surface area (Å²) in [6.45, 7) is 0. The molecule has 0 radical (unpaired) electrons. The molecule has 2 heteroatoms. The maximum Gasteiger partial charge on any atom is 0.150 e. The minimum atomic E-state index is 0.638. The highest BCUT2D eigenvalue weighted by atomic mass is 16.1. The van der Waals surface area contributed by atoms with Gasteiger partial charge in [0.05, 0.1) is 0 Å². The molecule has 2 aromatic carbocycles. The molecular formula is C17H11NO. The van der Waals surface area contributed by atoms with Gasteiger partial charge in [-0.3, -0.25) is 4.79 Å². The highest BCUT2D eigenvalue weighted by molar-refractivity contribution is 5.74. The standard InChI is InChI=1S/C17H11NO/c18-17-11-9-15(10-12-17)4-2-1-3-14-5-7-16(13-19)8-6-14/h5-13H,18H2. The van der Waals surface area contributed by atoms with Crippen LogP contribution in [0.5, 0.6) is 0 Å². The van der Waals surface area contributed by atoms with Gasteiger partial charge in [0.1, 0.15) is 6.29 Å². The van der Waals surface area contributed by atoms with Gasteiger partial charge < -0.3 is 5.73 Å². The third-order valence-corrected chi connectivity index (χ3v) is 2.43. The Hall–Kier alpha value is -2.97. The average molecular weight is 245 g/mol. The Kier molecular flexibility index (Phi) is 4.01. The Balaban J connectivity index is 2.08. The van der Waals surface area contributed by atoms with Gasteiger partial charge in [-0.25, -0.2) is 0 Å². The van der Waals surface area contributed by atoms with Crippen molar-refractivity contribution >= 4 is 12.0 Å². The van der Waals surface area contributed by atoms with Crippen molar-refractivity contribution in [2.75, 3.05) is 5.73 Å². The number of carbonyl (C=O) groups is 1. The van der Waals surface area contributed by atoms with E-state index in [1.807, 2.05) is 12.1 Å². The molecule has 0 heterocycles. The SMILES string of the molecule is Nc1ccc(C#CC#Cc2ccc(C=O)cc2)cc1. The van der Waals surface area contributed by atoms with Crippen molar-refractivity contribution in [1.29, 1.82) is 0 Å². The maximum absolute atomic E-state index is 10.5. The van der Waals surface area contributed by atoms with Gasteiger partial charge in [0.15, 0.2) is 0 Å². The highest BCUT2D eigenvalue weighted by Gasteiger charge is 1.88. The normalized spacial score (nSPS) is 8.63. The lowest BCUT2D eigenvalue weighted by Crippen LogP contribution is -1.82. The van der Waals surface area contributed by atoms with Crippen LogP contribution < -0.4 is 5.73 Å². The quantitative estimate of drug-likeness (QED) is 0.476. The number of hydrogen-bond donors (Lipinski definition) is 1. The van der Waals surface area contributed by atoms with Gasteiger partial charge in [-0.05, 0) is 48.2 Å². The summed E-state index contributed by atoms with van der Waals surface area (Å²) in [7, 11) is 0. The predicted molar refractivity (Wildman–Crippen MR) is 76.4 cm³/mol. The summed E-state index contributed by atoms with van der Waals surface area (Å²) in [6.07, 6.45) is 0.804. The molecule has 0 aliphatic rings. The van der Waals surface area contributed by atoms with Crippen LogP contribution in [0.3, 0.4) is 0 Å². The zero-order valence-corrected chi connectivity index (χ0v) is 10.2. The molecule has 2 nitrogen and oxygen atoms in total. The van der Waals surface area contributed by atoms with Gasteiger partial charge in [-0.2, -0.15) is 0 Å². The number of rotatable bonds is 1. The van der Waals surface area contributed by atoms with Gasteiger partial charge in [-0.1, -0.05) is 24.0 Å². The van der Waals surface area contributed by atoms with E-state index < -0.39 is 0 Å². The molecule has 0 aromatic heterocycles. The zero-order valence-electron chi connectivity index (χ0n) is 10.2. The third-order valence-electron chi connectivity index (χ3n) is 2.43. The molecule has 0 aliphatic heterocycles. The van der Waals surface area contributed by atoms with E-state index in [9.17, 15) is 4.79 Å². The van der Waals surface area contributed by atoms with Crippen molar-refractivity contribution in [3.8, 4) is 23.7 Å².